The molecule has 0 bridgehead atoms. The minimum atomic E-state index is -0.619. The molecule has 1 aliphatic rings. The Morgan fingerprint density at radius 1 is 1.10 bits per heavy atom. The van der Waals surface area contributed by atoms with Crippen molar-refractivity contribution in [3.63, 3.8) is 0 Å². The standard InChI is InChI=1S/C14H8ClFN2O2/c15-9-6-7(4-5-10(9)16)18-13(19)8-2-1-3-11(17)12(8)14(18)20/h1-6H,17H2. The lowest BCUT2D eigenvalue weighted by Gasteiger charge is -2.14. The van der Waals surface area contributed by atoms with Gasteiger partial charge in [-0.2, -0.15) is 0 Å². The van der Waals surface area contributed by atoms with E-state index in [4.69, 9.17) is 17.3 Å². The van der Waals surface area contributed by atoms with Crippen molar-refractivity contribution in [3.05, 3.63) is 58.4 Å². The Kier molecular flexibility index (Phi) is 2.72. The van der Waals surface area contributed by atoms with Crippen LogP contribution in [0.25, 0.3) is 0 Å². The summed E-state index contributed by atoms with van der Waals surface area (Å²) in [5.41, 5.74) is 6.57. The van der Waals surface area contributed by atoms with Crippen LogP contribution in [0.1, 0.15) is 20.7 Å². The zero-order chi connectivity index (χ0) is 14.4. The van der Waals surface area contributed by atoms with E-state index in [1.54, 1.807) is 12.1 Å². The first-order chi connectivity index (χ1) is 9.50. The van der Waals surface area contributed by atoms with E-state index in [0.717, 1.165) is 11.0 Å². The second kappa shape index (κ2) is 4.31. The SMILES string of the molecule is Nc1cccc2c1C(=O)N(c1ccc(F)c(Cl)c1)C2=O. The number of carbonyl (C=O) groups excluding carboxylic acids is 2. The maximum absolute atomic E-state index is 13.2. The molecule has 0 spiro atoms. The number of rotatable bonds is 1. The highest BCUT2D eigenvalue weighted by Gasteiger charge is 2.38. The molecule has 1 aliphatic heterocycles. The van der Waals surface area contributed by atoms with Gasteiger partial charge in [-0.25, -0.2) is 9.29 Å². The molecule has 0 aromatic heterocycles. The number of hydrogen-bond acceptors (Lipinski definition) is 3. The number of hydrogen-bond donors (Lipinski definition) is 1. The summed E-state index contributed by atoms with van der Waals surface area (Å²) in [6, 6.07) is 8.32. The van der Waals surface area contributed by atoms with Crippen molar-refractivity contribution in [2.24, 2.45) is 0 Å². The molecule has 2 aromatic carbocycles. The van der Waals surface area contributed by atoms with Gasteiger partial charge in [0.05, 0.1) is 21.8 Å². The van der Waals surface area contributed by atoms with Crippen LogP contribution in [0, 0.1) is 5.82 Å². The van der Waals surface area contributed by atoms with Crippen molar-refractivity contribution in [2.75, 3.05) is 10.6 Å². The lowest BCUT2D eigenvalue weighted by Crippen LogP contribution is -2.29. The second-order valence-electron chi connectivity index (χ2n) is 4.31. The second-order valence-corrected chi connectivity index (χ2v) is 4.72. The van der Waals surface area contributed by atoms with Gasteiger partial charge in [0.2, 0.25) is 0 Å². The van der Waals surface area contributed by atoms with E-state index >= 15 is 0 Å². The summed E-state index contributed by atoms with van der Waals surface area (Å²) in [6.07, 6.45) is 0. The highest BCUT2D eigenvalue weighted by atomic mass is 35.5. The number of halogens is 2. The highest BCUT2D eigenvalue weighted by Crippen LogP contribution is 2.33. The van der Waals surface area contributed by atoms with Crippen LogP contribution >= 0.6 is 11.6 Å². The number of nitrogen functional groups attached to an aromatic ring is 1. The van der Waals surface area contributed by atoms with E-state index in [0.29, 0.717) is 0 Å². The summed E-state index contributed by atoms with van der Waals surface area (Å²) >= 11 is 5.68. The van der Waals surface area contributed by atoms with Gasteiger partial charge in [-0.1, -0.05) is 17.7 Å². The Bertz CT molecular complexity index is 761. The quantitative estimate of drug-likeness (QED) is 0.649. The summed E-state index contributed by atoms with van der Waals surface area (Å²) < 4.78 is 13.2. The molecule has 0 saturated heterocycles. The molecule has 0 saturated carbocycles. The fourth-order valence-electron chi connectivity index (χ4n) is 2.17. The maximum Gasteiger partial charge on any atom is 0.268 e. The van der Waals surface area contributed by atoms with Crippen molar-refractivity contribution in [3.8, 4) is 0 Å². The predicted octanol–water partition coefficient (Wildman–Crippen LogP) is 2.86. The van der Waals surface area contributed by atoms with E-state index < -0.39 is 17.6 Å². The summed E-state index contributed by atoms with van der Waals surface area (Å²) in [6.45, 7) is 0. The molecule has 0 fully saturated rings. The van der Waals surface area contributed by atoms with Crippen LogP contribution in [0.15, 0.2) is 36.4 Å². The first kappa shape index (κ1) is 12.6. The molecule has 3 rings (SSSR count). The molecule has 0 atom stereocenters. The monoisotopic (exact) mass is 290 g/mol. The van der Waals surface area contributed by atoms with Gasteiger partial charge in [0.15, 0.2) is 0 Å². The molecule has 2 aromatic rings. The van der Waals surface area contributed by atoms with Gasteiger partial charge in [0.25, 0.3) is 11.8 Å². The summed E-state index contributed by atoms with van der Waals surface area (Å²) in [7, 11) is 0. The molecule has 0 unspecified atom stereocenters. The molecular formula is C14H8ClFN2O2. The van der Waals surface area contributed by atoms with Crippen LogP contribution < -0.4 is 10.6 Å². The Morgan fingerprint density at radius 3 is 2.50 bits per heavy atom. The topological polar surface area (TPSA) is 63.4 Å². The fourth-order valence-corrected chi connectivity index (χ4v) is 2.34. The molecule has 20 heavy (non-hydrogen) atoms. The molecule has 6 heteroatoms. The number of nitrogens with zero attached hydrogens (tertiary/aromatic N) is 1. The minimum absolute atomic E-state index is 0.160. The number of nitrogens with two attached hydrogens (primary N) is 1. The van der Waals surface area contributed by atoms with Crippen molar-refractivity contribution >= 4 is 34.8 Å². The van der Waals surface area contributed by atoms with Gasteiger partial charge in [0, 0.05) is 5.69 Å². The average molecular weight is 291 g/mol. The number of carbonyl (C=O) groups is 2. The van der Waals surface area contributed by atoms with Crippen LogP contribution in [0.5, 0.6) is 0 Å². The normalized spacial score (nSPS) is 13.8. The van der Waals surface area contributed by atoms with Crippen LogP contribution in [-0.2, 0) is 0 Å². The van der Waals surface area contributed by atoms with Crippen LogP contribution in [-0.4, -0.2) is 11.8 Å². The van der Waals surface area contributed by atoms with Gasteiger partial charge in [-0.3, -0.25) is 9.59 Å². The molecule has 4 nitrogen and oxygen atoms in total. The van der Waals surface area contributed by atoms with E-state index in [1.165, 1.54) is 18.2 Å². The maximum atomic E-state index is 13.2. The minimum Gasteiger partial charge on any atom is -0.398 e. The van der Waals surface area contributed by atoms with Crippen molar-refractivity contribution < 1.29 is 14.0 Å². The van der Waals surface area contributed by atoms with Crippen LogP contribution in [0.2, 0.25) is 5.02 Å². The first-order valence-corrected chi connectivity index (χ1v) is 6.11. The zero-order valence-electron chi connectivity index (χ0n) is 10.1. The number of amides is 2. The van der Waals surface area contributed by atoms with Crippen LogP contribution in [0.4, 0.5) is 15.8 Å². The molecule has 0 radical (unpaired) electrons. The summed E-state index contributed by atoms with van der Waals surface area (Å²) in [4.78, 5) is 25.5. The third-order valence-electron chi connectivity index (χ3n) is 3.11. The number of fused-ring (bicyclic) bond motifs is 1. The first-order valence-electron chi connectivity index (χ1n) is 5.73. The van der Waals surface area contributed by atoms with Gasteiger partial charge in [0.1, 0.15) is 5.82 Å². The average Bonchev–Trinajstić information content (AvgIpc) is 2.67. The lowest BCUT2D eigenvalue weighted by atomic mass is 10.1. The fraction of sp³-hybridized carbons (Fsp3) is 0. The van der Waals surface area contributed by atoms with E-state index in [-0.39, 0.29) is 27.5 Å². The molecule has 100 valence electrons. The highest BCUT2D eigenvalue weighted by molar-refractivity contribution is 6.36. The molecule has 0 aliphatic carbocycles. The molecule has 2 amide bonds. The largest absolute Gasteiger partial charge is 0.398 e. The smallest absolute Gasteiger partial charge is 0.268 e. The van der Waals surface area contributed by atoms with Crippen molar-refractivity contribution in [1.82, 2.24) is 0 Å². The third-order valence-corrected chi connectivity index (χ3v) is 3.40. The summed E-state index contributed by atoms with van der Waals surface area (Å²) in [5.74, 6) is -1.66. The van der Waals surface area contributed by atoms with Gasteiger partial charge in [-0.05, 0) is 30.3 Å². The Balaban J connectivity index is 2.14. The van der Waals surface area contributed by atoms with Crippen molar-refractivity contribution in [2.45, 2.75) is 0 Å². The Labute approximate surface area is 118 Å². The van der Waals surface area contributed by atoms with Gasteiger partial charge < -0.3 is 5.73 Å². The molecule has 2 N–H and O–H groups in total. The zero-order valence-corrected chi connectivity index (χ0v) is 10.8. The van der Waals surface area contributed by atoms with E-state index in [9.17, 15) is 14.0 Å². The number of imide groups is 1. The van der Waals surface area contributed by atoms with Crippen LogP contribution in [0.3, 0.4) is 0 Å². The van der Waals surface area contributed by atoms with Gasteiger partial charge in [-0.15, -0.1) is 0 Å². The summed E-state index contributed by atoms with van der Waals surface area (Å²) in [5, 5.41) is -0.160. The third kappa shape index (κ3) is 1.67. The molecule has 1 heterocycles. The number of anilines is 2. The van der Waals surface area contributed by atoms with E-state index in [1.807, 2.05) is 0 Å². The number of benzene rings is 2. The molecular weight excluding hydrogens is 283 g/mol. The van der Waals surface area contributed by atoms with E-state index in [2.05, 4.69) is 0 Å². The predicted molar refractivity (Wildman–Crippen MR) is 73.4 cm³/mol. The lowest BCUT2D eigenvalue weighted by molar-refractivity contribution is 0.0926. The van der Waals surface area contributed by atoms with Crippen molar-refractivity contribution in [1.29, 1.82) is 0 Å². The Morgan fingerprint density at radius 2 is 1.85 bits per heavy atom. The van der Waals surface area contributed by atoms with Gasteiger partial charge >= 0.3 is 0 Å². The Hall–Kier alpha value is -2.40.